The van der Waals surface area contributed by atoms with E-state index in [9.17, 15) is 0 Å². The van der Waals surface area contributed by atoms with Crippen molar-refractivity contribution in [1.82, 2.24) is 0 Å². The zero-order chi connectivity index (χ0) is 18.4. The average Bonchev–Trinajstić information content (AvgIpc) is 2.58. The first-order valence-electron chi connectivity index (χ1n) is 9.23. The molecule has 0 aromatic heterocycles. The van der Waals surface area contributed by atoms with Gasteiger partial charge in [-0.05, 0) is 64.7 Å². The minimum Gasteiger partial charge on any atom is -0.496 e. The topological polar surface area (TPSA) is 27.7 Å². The number of allylic oxidation sites excluding steroid dienone is 2. The van der Waals surface area contributed by atoms with E-state index in [1.165, 1.54) is 5.57 Å². The van der Waals surface area contributed by atoms with Gasteiger partial charge in [-0.15, -0.1) is 0 Å². The van der Waals surface area contributed by atoms with E-state index in [0.717, 1.165) is 60.5 Å². The summed E-state index contributed by atoms with van der Waals surface area (Å²) < 4.78 is 17.8. The quantitative estimate of drug-likeness (QED) is 0.545. The first kappa shape index (κ1) is 19.4. The van der Waals surface area contributed by atoms with Crippen LogP contribution in [0.15, 0.2) is 23.8 Å². The van der Waals surface area contributed by atoms with Crippen molar-refractivity contribution in [2.45, 2.75) is 65.4 Å². The summed E-state index contributed by atoms with van der Waals surface area (Å²) in [4.78, 5) is 0. The zero-order valence-electron chi connectivity index (χ0n) is 16.6. The smallest absolute Gasteiger partial charge is 0.173 e. The number of rotatable bonds is 8. The fraction of sp³-hybridized carbons (Fsp3) is 0.545. The van der Waals surface area contributed by atoms with Crippen molar-refractivity contribution in [1.29, 1.82) is 0 Å². The third kappa shape index (κ3) is 4.59. The molecule has 0 saturated carbocycles. The van der Waals surface area contributed by atoms with Crippen molar-refractivity contribution in [3.8, 4) is 17.2 Å². The Morgan fingerprint density at radius 2 is 2.00 bits per heavy atom. The van der Waals surface area contributed by atoms with Gasteiger partial charge in [0.25, 0.3) is 0 Å². The Hall–Kier alpha value is -1.90. The second-order valence-corrected chi connectivity index (χ2v) is 7.19. The van der Waals surface area contributed by atoms with E-state index in [0.29, 0.717) is 0 Å². The van der Waals surface area contributed by atoms with Gasteiger partial charge in [0.05, 0.1) is 19.8 Å². The predicted molar refractivity (Wildman–Crippen MR) is 105 cm³/mol. The summed E-state index contributed by atoms with van der Waals surface area (Å²) in [5.41, 5.74) is 3.13. The lowest BCUT2D eigenvalue weighted by atomic mass is 9.93. The second kappa shape index (κ2) is 8.46. The SMILES string of the molecule is CCCCc1cc(OC)c2c(c1OC)OC(C)(CCC=C(C)C)C=C2. The van der Waals surface area contributed by atoms with E-state index in [1.807, 2.05) is 0 Å². The van der Waals surface area contributed by atoms with E-state index in [1.54, 1.807) is 14.2 Å². The van der Waals surface area contributed by atoms with E-state index in [4.69, 9.17) is 14.2 Å². The van der Waals surface area contributed by atoms with Crippen LogP contribution in [0.4, 0.5) is 0 Å². The third-order valence-electron chi connectivity index (χ3n) is 4.67. The Balaban J connectivity index is 2.39. The van der Waals surface area contributed by atoms with Crippen molar-refractivity contribution in [3.63, 3.8) is 0 Å². The molecule has 1 heterocycles. The molecule has 138 valence electrons. The highest BCUT2D eigenvalue weighted by Crippen LogP contribution is 2.47. The average molecular weight is 344 g/mol. The number of fused-ring (bicyclic) bond motifs is 1. The van der Waals surface area contributed by atoms with Crippen molar-refractivity contribution < 1.29 is 14.2 Å². The fourth-order valence-corrected chi connectivity index (χ4v) is 3.19. The number of ether oxygens (including phenoxy) is 3. The van der Waals surface area contributed by atoms with Crippen LogP contribution in [0.2, 0.25) is 0 Å². The molecule has 3 heteroatoms. The highest BCUT2D eigenvalue weighted by Gasteiger charge is 2.31. The van der Waals surface area contributed by atoms with E-state index >= 15 is 0 Å². The minimum atomic E-state index is -0.333. The van der Waals surface area contributed by atoms with Crippen LogP contribution in [0, 0.1) is 0 Å². The van der Waals surface area contributed by atoms with Crippen LogP contribution in [-0.2, 0) is 6.42 Å². The van der Waals surface area contributed by atoms with Gasteiger partial charge in [0.2, 0.25) is 0 Å². The highest BCUT2D eigenvalue weighted by molar-refractivity contribution is 5.73. The molecule has 1 unspecified atom stereocenters. The molecule has 0 saturated heterocycles. The van der Waals surface area contributed by atoms with Crippen LogP contribution >= 0.6 is 0 Å². The summed E-state index contributed by atoms with van der Waals surface area (Å²) in [6.45, 7) is 8.59. The van der Waals surface area contributed by atoms with Gasteiger partial charge in [-0.1, -0.05) is 25.0 Å². The van der Waals surface area contributed by atoms with Crippen LogP contribution in [0.5, 0.6) is 17.2 Å². The molecule has 2 rings (SSSR count). The van der Waals surface area contributed by atoms with Crippen LogP contribution in [0.3, 0.4) is 0 Å². The molecular formula is C22H32O3. The molecule has 25 heavy (non-hydrogen) atoms. The molecule has 1 aliphatic heterocycles. The van der Waals surface area contributed by atoms with E-state index in [2.05, 4.69) is 52.0 Å². The molecule has 0 aliphatic carbocycles. The van der Waals surface area contributed by atoms with E-state index in [-0.39, 0.29) is 5.60 Å². The standard InChI is InChI=1S/C22H32O3/c1-7-8-11-17-15-19(23-5)18-12-14-22(4,13-9-10-16(2)3)25-21(18)20(17)24-6/h10,12,14-15H,7-9,11,13H2,1-6H3. The number of hydrogen-bond acceptors (Lipinski definition) is 3. The van der Waals surface area contributed by atoms with Gasteiger partial charge in [0, 0.05) is 5.56 Å². The van der Waals surface area contributed by atoms with Crippen LogP contribution < -0.4 is 14.2 Å². The Morgan fingerprint density at radius 3 is 2.60 bits per heavy atom. The molecule has 3 nitrogen and oxygen atoms in total. The largest absolute Gasteiger partial charge is 0.496 e. The van der Waals surface area contributed by atoms with Crippen molar-refractivity contribution in [2.24, 2.45) is 0 Å². The molecule has 0 N–H and O–H groups in total. The van der Waals surface area contributed by atoms with Gasteiger partial charge in [0.15, 0.2) is 11.5 Å². The fourth-order valence-electron chi connectivity index (χ4n) is 3.19. The summed E-state index contributed by atoms with van der Waals surface area (Å²) in [6.07, 6.45) is 11.7. The number of aryl methyl sites for hydroxylation is 1. The first-order valence-corrected chi connectivity index (χ1v) is 9.23. The summed E-state index contributed by atoms with van der Waals surface area (Å²) in [5.74, 6) is 2.52. The Bertz CT molecular complexity index is 654. The molecule has 0 radical (unpaired) electrons. The summed E-state index contributed by atoms with van der Waals surface area (Å²) in [5, 5.41) is 0. The number of methoxy groups -OCH3 is 2. The van der Waals surface area contributed by atoms with Crippen molar-refractivity contribution in [2.75, 3.05) is 14.2 Å². The normalized spacial score (nSPS) is 18.3. The maximum Gasteiger partial charge on any atom is 0.173 e. The molecule has 0 bridgehead atoms. The summed E-state index contributed by atoms with van der Waals surface area (Å²) in [7, 11) is 3.43. The molecule has 1 aromatic rings. The van der Waals surface area contributed by atoms with Gasteiger partial charge in [0.1, 0.15) is 11.4 Å². The lowest BCUT2D eigenvalue weighted by Crippen LogP contribution is -2.32. The minimum absolute atomic E-state index is 0.333. The lowest BCUT2D eigenvalue weighted by molar-refractivity contribution is 0.122. The molecule has 1 aliphatic rings. The predicted octanol–water partition coefficient (Wildman–Crippen LogP) is 5.96. The van der Waals surface area contributed by atoms with Crippen molar-refractivity contribution >= 4 is 6.08 Å². The maximum absolute atomic E-state index is 6.47. The van der Waals surface area contributed by atoms with Crippen LogP contribution in [0.25, 0.3) is 6.08 Å². The van der Waals surface area contributed by atoms with Gasteiger partial charge in [-0.2, -0.15) is 0 Å². The van der Waals surface area contributed by atoms with Gasteiger partial charge in [-0.3, -0.25) is 0 Å². The maximum atomic E-state index is 6.47. The number of unbranched alkanes of at least 4 members (excludes halogenated alkanes) is 1. The monoisotopic (exact) mass is 344 g/mol. The van der Waals surface area contributed by atoms with Gasteiger partial charge < -0.3 is 14.2 Å². The molecule has 0 amide bonds. The first-order chi connectivity index (χ1) is 11.9. The summed E-state index contributed by atoms with van der Waals surface area (Å²) in [6, 6.07) is 2.09. The number of benzene rings is 1. The van der Waals surface area contributed by atoms with E-state index < -0.39 is 0 Å². The van der Waals surface area contributed by atoms with Crippen molar-refractivity contribution in [3.05, 3.63) is 34.9 Å². The van der Waals surface area contributed by atoms with Gasteiger partial charge in [-0.25, -0.2) is 0 Å². The molecule has 0 fully saturated rings. The molecule has 1 aromatic carbocycles. The second-order valence-electron chi connectivity index (χ2n) is 7.19. The zero-order valence-corrected chi connectivity index (χ0v) is 16.6. The third-order valence-corrected chi connectivity index (χ3v) is 4.67. The lowest BCUT2D eigenvalue weighted by Gasteiger charge is -2.33. The molecular weight excluding hydrogens is 312 g/mol. The van der Waals surface area contributed by atoms with Crippen LogP contribution in [0.1, 0.15) is 64.5 Å². The summed E-state index contributed by atoms with van der Waals surface area (Å²) >= 11 is 0. The highest BCUT2D eigenvalue weighted by atomic mass is 16.5. The Morgan fingerprint density at radius 1 is 1.24 bits per heavy atom. The van der Waals surface area contributed by atoms with Crippen LogP contribution in [-0.4, -0.2) is 19.8 Å². The number of hydrogen-bond donors (Lipinski definition) is 0. The Kier molecular flexibility index (Phi) is 6.57. The Labute approximate surface area is 152 Å². The van der Waals surface area contributed by atoms with Gasteiger partial charge >= 0.3 is 0 Å². The molecule has 1 atom stereocenters. The molecule has 0 spiro atoms.